The number of hydrogen-bond donors (Lipinski definition) is 0. The Balaban J connectivity index is 1.68. The van der Waals surface area contributed by atoms with Crippen LogP contribution in [0.3, 0.4) is 0 Å². The quantitative estimate of drug-likeness (QED) is 0.613. The molecule has 0 bridgehead atoms. The van der Waals surface area contributed by atoms with Gasteiger partial charge in [0.25, 0.3) is 0 Å². The van der Waals surface area contributed by atoms with Crippen molar-refractivity contribution in [2.75, 3.05) is 6.61 Å². The van der Waals surface area contributed by atoms with Crippen LogP contribution in [0.5, 0.6) is 0 Å². The van der Waals surface area contributed by atoms with Crippen molar-refractivity contribution in [2.45, 2.75) is 26.3 Å². The van der Waals surface area contributed by atoms with Gasteiger partial charge in [0, 0.05) is 17.6 Å². The van der Waals surface area contributed by atoms with Gasteiger partial charge in [0.05, 0.1) is 17.1 Å². The summed E-state index contributed by atoms with van der Waals surface area (Å²) in [6.07, 6.45) is 0. The number of hydrogen-bond acceptors (Lipinski definition) is 8. The minimum Gasteiger partial charge on any atom is -0.454 e. The van der Waals surface area contributed by atoms with E-state index in [1.165, 1.54) is 11.3 Å². The molecule has 8 nitrogen and oxygen atoms in total. The maximum absolute atomic E-state index is 12.2. The van der Waals surface area contributed by atoms with Crippen molar-refractivity contribution in [1.82, 2.24) is 20.0 Å². The van der Waals surface area contributed by atoms with E-state index in [0.29, 0.717) is 17.1 Å². The van der Waals surface area contributed by atoms with Crippen LogP contribution in [-0.2, 0) is 16.1 Å². The molecule has 9 heteroatoms. The van der Waals surface area contributed by atoms with Crippen LogP contribution in [0, 0.1) is 18.3 Å². The lowest BCUT2D eigenvalue weighted by Gasteiger charge is -2.07. The first-order chi connectivity index (χ1) is 12.5. The molecule has 0 aliphatic rings. The van der Waals surface area contributed by atoms with Gasteiger partial charge >= 0.3 is 5.97 Å². The third kappa shape index (κ3) is 3.45. The summed E-state index contributed by atoms with van der Waals surface area (Å²) in [5, 5.41) is 19.4. The number of fused-ring (bicyclic) bond motifs is 1. The number of nitriles is 1. The zero-order valence-corrected chi connectivity index (χ0v) is 15.0. The average molecular weight is 369 g/mol. The number of rotatable bonds is 6. The third-order valence-electron chi connectivity index (χ3n) is 3.73. The van der Waals surface area contributed by atoms with E-state index in [4.69, 9.17) is 4.74 Å². The molecule has 3 aromatic rings. The molecule has 0 spiro atoms. The van der Waals surface area contributed by atoms with Crippen LogP contribution < -0.4 is 0 Å². The zero-order valence-electron chi connectivity index (χ0n) is 14.2. The van der Waals surface area contributed by atoms with Crippen molar-refractivity contribution in [2.24, 2.45) is 0 Å². The number of ether oxygens (including phenoxy) is 1. The smallest absolute Gasteiger partial charge is 0.338 e. The van der Waals surface area contributed by atoms with Crippen molar-refractivity contribution < 1.29 is 14.3 Å². The lowest BCUT2D eigenvalue weighted by Crippen LogP contribution is -2.20. The number of benzene rings is 1. The Morgan fingerprint density at radius 1 is 1.42 bits per heavy atom. The molecule has 1 aromatic carbocycles. The second-order valence-corrected chi connectivity index (χ2v) is 6.43. The molecule has 0 unspecified atom stereocenters. The first kappa shape index (κ1) is 17.7. The lowest BCUT2D eigenvalue weighted by molar-refractivity contribution is -0.122. The molecular formula is C17H15N5O3S. The van der Waals surface area contributed by atoms with Gasteiger partial charge in [0.15, 0.2) is 18.3 Å². The largest absolute Gasteiger partial charge is 0.454 e. The Bertz CT molecular complexity index is 1020. The summed E-state index contributed by atoms with van der Waals surface area (Å²) in [5.41, 5.74) is 2.39. The monoisotopic (exact) mass is 369 g/mol. The maximum atomic E-state index is 12.2. The fourth-order valence-electron chi connectivity index (χ4n) is 2.41. The predicted molar refractivity (Wildman–Crippen MR) is 93.7 cm³/mol. The minimum atomic E-state index is -1.03. The van der Waals surface area contributed by atoms with Gasteiger partial charge in [-0.05, 0) is 32.0 Å². The van der Waals surface area contributed by atoms with Gasteiger partial charge in [0.1, 0.15) is 10.5 Å². The highest BCUT2D eigenvalue weighted by molar-refractivity contribution is 7.09. The number of carbonyl (C=O) groups is 2. The van der Waals surface area contributed by atoms with E-state index < -0.39 is 24.3 Å². The third-order valence-corrected chi connectivity index (χ3v) is 4.76. The highest BCUT2D eigenvalue weighted by Gasteiger charge is 2.24. The van der Waals surface area contributed by atoms with Crippen molar-refractivity contribution in [1.29, 1.82) is 5.26 Å². The number of ketones is 1. The fraction of sp³-hybridized carbons (Fsp3) is 0.294. The Kier molecular flexibility index (Phi) is 5.04. The summed E-state index contributed by atoms with van der Waals surface area (Å²) in [4.78, 5) is 28.6. The molecule has 2 heterocycles. The van der Waals surface area contributed by atoms with Crippen molar-refractivity contribution in [3.05, 3.63) is 39.8 Å². The minimum absolute atomic E-state index is 0.270. The topological polar surface area (TPSA) is 111 Å². The van der Waals surface area contributed by atoms with Gasteiger partial charge in [-0.3, -0.25) is 4.79 Å². The number of esters is 1. The van der Waals surface area contributed by atoms with Gasteiger partial charge in [-0.15, -0.1) is 16.4 Å². The van der Waals surface area contributed by atoms with E-state index in [1.807, 2.05) is 13.0 Å². The molecule has 0 saturated heterocycles. The summed E-state index contributed by atoms with van der Waals surface area (Å²) in [6, 6.07) is 6.80. The number of thiazole rings is 1. The molecule has 26 heavy (non-hydrogen) atoms. The normalized spacial score (nSPS) is 11.9. The zero-order chi connectivity index (χ0) is 18.7. The molecule has 0 aliphatic carbocycles. The van der Waals surface area contributed by atoms with E-state index in [2.05, 4.69) is 15.3 Å². The molecule has 0 fully saturated rings. The van der Waals surface area contributed by atoms with Gasteiger partial charge < -0.3 is 4.74 Å². The van der Waals surface area contributed by atoms with E-state index >= 15 is 0 Å². The second kappa shape index (κ2) is 7.41. The standard InChI is InChI=1S/C17H15N5O3S/c1-3-22-14-5-4-11(6-13(14)20-21-22)17(24)25-8-15(23)12(7-18)16-19-10(2)9-26-16/h4-6,9,12H,3,8H2,1-2H3/t12-/m1/s1. The number of carbonyl (C=O) groups excluding carboxylic acids is 2. The van der Waals surface area contributed by atoms with E-state index in [1.54, 1.807) is 35.2 Å². The van der Waals surface area contributed by atoms with Crippen LogP contribution in [0.4, 0.5) is 0 Å². The Morgan fingerprint density at radius 3 is 2.88 bits per heavy atom. The van der Waals surface area contributed by atoms with Gasteiger partial charge in [-0.2, -0.15) is 5.26 Å². The summed E-state index contributed by atoms with van der Waals surface area (Å²) in [5.74, 6) is -2.19. The molecular weight excluding hydrogens is 354 g/mol. The highest BCUT2D eigenvalue weighted by Crippen LogP contribution is 2.21. The summed E-state index contributed by atoms with van der Waals surface area (Å²) < 4.78 is 6.78. The molecule has 132 valence electrons. The first-order valence-electron chi connectivity index (χ1n) is 7.88. The Morgan fingerprint density at radius 2 is 2.23 bits per heavy atom. The van der Waals surface area contributed by atoms with Crippen LogP contribution in [0.2, 0.25) is 0 Å². The summed E-state index contributed by atoms with van der Waals surface area (Å²) in [7, 11) is 0. The molecule has 1 atom stereocenters. The second-order valence-electron chi connectivity index (χ2n) is 5.54. The fourth-order valence-corrected chi connectivity index (χ4v) is 3.27. The Labute approximate surface area is 153 Å². The van der Waals surface area contributed by atoms with Crippen LogP contribution in [0.25, 0.3) is 11.0 Å². The van der Waals surface area contributed by atoms with Crippen molar-refractivity contribution >= 4 is 34.1 Å². The first-order valence-corrected chi connectivity index (χ1v) is 8.76. The molecule has 2 aromatic heterocycles. The van der Waals surface area contributed by atoms with E-state index in [9.17, 15) is 14.9 Å². The number of aromatic nitrogens is 4. The predicted octanol–water partition coefficient (Wildman–Crippen LogP) is 2.25. The van der Waals surface area contributed by atoms with E-state index in [-0.39, 0.29) is 5.56 Å². The molecule has 0 saturated carbocycles. The number of aryl methyl sites for hydroxylation is 2. The Hall–Kier alpha value is -3.12. The highest BCUT2D eigenvalue weighted by atomic mass is 32.1. The molecule has 3 rings (SSSR count). The van der Waals surface area contributed by atoms with Crippen LogP contribution >= 0.6 is 11.3 Å². The van der Waals surface area contributed by atoms with Crippen molar-refractivity contribution in [3.8, 4) is 6.07 Å². The van der Waals surface area contributed by atoms with Crippen LogP contribution in [0.1, 0.15) is 33.9 Å². The molecule has 0 aliphatic heterocycles. The average Bonchev–Trinajstić information content (AvgIpc) is 3.25. The summed E-state index contributed by atoms with van der Waals surface area (Å²) in [6.45, 7) is 3.90. The number of nitrogens with zero attached hydrogens (tertiary/aromatic N) is 5. The van der Waals surface area contributed by atoms with Crippen molar-refractivity contribution in [3.63, 3.8) is 0 Å². The summed E-state index contributed by atoms with van der Waals surface area (Å²) >= 11 is 1.23. The maximum Gasteiger partial charge on any atom is 0.338 e. The molecule has 0 radical (unpaired) electrons. The lowest BCUT2D eigenvalue weighted by atomic mass is 10.1. The number of Topliss-reactive ketones (excluding diaryl/α,β-unsaturated/α-hetero) is 1. The van der Waals surface area contributed by atoms with Gasteiger partial charge in [-0.1, -0.05) is 5.21 Å². The van der Waals surface area contributed by atoms with Gasteiger partial charge in [0.2, 0.25) is 0 Å². The molecule has 0 amide bonds. The SMILES string of the molecule is CCn1nnc2cc(C(=O)OCC(=O)[C@@H](C#N)c3nc(C)cs3)ccc21. The molecule has 0 N–H and O–H groups in total. The van der Waals surface area contributed by atoms with E-state index in [0.717, 1.165) is 11.2 Å². The van der Waals surface area contributed by atoms with Gasteiger partial charge in [-0.25, -0.2) is 14.5 Å². The van der Waals surface area contributed by atoms with Crippen LogP contribution in [0.15, 0.2) is 23.6 Å². The van der Waals surface area contributed by atoms with Crippen LogP contribution in [-0.4, -0.2) is 38.3 Å².